The van der Waals surface area contributed by atoms with E-state index in [0.29, 0.717) is 11.8 Å². The standard InChI is InChI=1S/C21H22O/c1-13-3-9-17(19(11-13)15-5-6-15)21(22)18-10-4-14(2)12-20(18)16-7-8-16/h3-4,9-12,15-16H,5-8H2,1-2H3. The second-order valence-electron chi connectivity index (χ2n) is 7.06. The topological polar surface area (TPSA) is 17.1 Å². The second kappa shape index (κ2) is 5.08. The molecule has 1 heteroatoms. The quantitative estimate of drug-likeness (QED) is 0.699. The van der Waals surface area contributed by atoms with E-state index < -0.39 is 0 Å². The van der Waals surface area contributed by atoms with Crippen LogP contribution in [0.25, 0.3) is 0 Å². The van der Waals surface area contributed by atoms with Crippen LogP contribution in [0.5, 0.6) is 0 Å². The van der Waals surface area contributed by atoms with Gasteiger partial charge in [0.2, 0.25) is 0 Å². The first-order valence-corrected chi connectivity index (χ1v) is 8.39. The number of carbonyl (C=O) groups is 1. The summed E-state index contributed by atoms with van der Waals surface area (Å²) >= 11 is 0. The lowest BCUT2D eigenvalue weighted by Gasteiger charge is -2.13. The third-order valence-electron chi connectivity index (χ3n) is 4.94. The van der Waals surface area contributed by atoms with Crippen LogP contribution in [0.15, 0.2) is 36.4 Å². The summed E-state index contributed by atoms with van der Waals surface area (Å²) < 4.78 is 0. The van der Waals surface area contributed by atoms with E-state index in [2.05, 4.69) is 38.1 Å². The second-order valence-corrected chi connectivity index (χ2v) is 7.06. The summed E-state index contributed by atoms with van der Waals surface area (Å²) in [5.74, 6) is 1.44. The molecule has 2 aromatic rings. The van der Waals surface area contributed by atoms with Crippen molar-refractivity contribution in [3.63, 3.8) is 0 Å². The maximum atomic E-state index is 13.2. The third kappa shape index (κ3) is 2.49. The van der Waals surface area contributed by atoms with E-state index in [9.17, 15) is 4.79 Å². The molecular weight excluding hydrogens is 268 g/mol. The van der Waals surface area contributed by atoms with E-state index in [1.165, 1.54) is 47.9 Å². The van der Waals surface area contributed by atoms with E-state index in [4.69, 9.17) is 0 Å². The molecule has 0 saturated heterocycles. The Balaban J connectivity index is 1.79. The molecule has 4 rings (SSSR count). The average Bonchev–Trinajstić information content (AvgIpc) is 3.40. The zero-order valence-electron chi connectivity index (χ0n) is 13.4. The van der Waals surface area contributed by atoms with Gasteiger partial charge < -0.3 is 0 Å². The fraction of sp³-hybridized carbons (Fsp3) is 0.381. The van der Waals surface area contributed by atoms with Crippen LogP contribution < -0.4 is 0 Å². The lowest BCUT2D eigenvalue weighted by atomic mass is 9.90. The van der Waals surface area contributed by atoms with Gasteiger partial charge in [-0.3, -0.25) is 4.79 Å². The highest BCUT2D eigenvalue weighted by Gasteiger charge is 2.31. The minimum atomic E-state index is 0.226. The summed E-state index contributed by atoms with van der Waals surface area (Å²) in [6, 6.07) is 12.7. The van der Waals surface area contributed by atoms with E-state index >= 15 is 0 Å². The molecule has 1 nitrogen and oxygen atoms in total. The van der Waals surface area contributed by atoms with Gasteiger partial charge in [-0.15, -0.1) is 0 Å². The molecule has 2 fully saturated rings. The molecule has 112 valence electrons. The van der Waals surface area contributed by atoms with Crippen molar-refractivity contribution in [2.75, 3.05) is 0 Å². The van der Waals surface area contributed by atoms with Crippen molar-refractivity contribution in [2.24, 2.45) is 0 Å². The van der Waals surface area contributed by atoms with Gasteiger partial charge in [0.1, 0.15) is 0 Å². The van der Waals surface area contributed by atoms with Gasteiger partial charge in [-0.2, -0.15) is 0 Å². The van der Waals surface area contributed by atoms with Crippen LogP contribution in [0.3, 0.4) is 0 Å². The third-order valence-corrected chi connectivity index (χ3v) is 4.94. The smallest absolute Gasteiger partial charge is 0.193 e. The molecule has 0 N–H and O–H groups in total. The van der Waals surface area contributed by atoms with Crippen LogP contribution in [0.4, 0.5) is 0 Å². The molecule has 2 aliphatic rings. The van der Waals surface area contributed by atoms with Gasteiger partial charge in [0.05, 0.1) is 0 Å². The number of aryl methyl sites for hydroxylation is 2. The van der Waals surface area contributed by atoms with Crippen LogP contribution >= 0.6 is 0 Å². The number of hydrogen-bond donors (Lipinski definition) is 0. The predicted molar refractivity (Wildman–Crippen MR) is 89.7 cm³/mol. The van der Waals surface area contributed by atoms with Crippen LogP contribution in [-0.2, 0) is 0 Å². The number of rotatable bonds is 4. The zero-order chi connectivity index (χ0) is 15.3. The highest BCUT2D eigenvalue weighted by atomic mass is 16.1. The Morgan fingerprint density at radius 2 is 1.18 bits per heavy atom. The van der Waals surface area contributed by atoms with Crippen molar-refractivity contribution in [1.82, 2.24) is 0 Å². The summed E-state index contributed by atoms with van der Waals surface area (Å²) in [5.41, 5.74) is 6.91. The Morgan fingerprint density at radius 3 is 1.55 bits per heavy atom. The highest BCUT2D eigenvalue weighted by Crippen LogP contribution is 2.45. The summed E-state index contributed by atoms with van der Waals surface area (Å²) in [5, 5.41) is 0. The molecular formula is C21H22O. The number of benzene rings is 2. The minimum Gasteiger partial charge on any atom is -0.289 e. The van der Waals surface area contributed by atoms with Crippen molar-refractivity contribution >= 4 is 5.78 Å². The normalized spacial score (nSPS) is 17.5. The molecule has 2 saturated carbocycles. The van der Waals surface area contributed by atoms with Crippen molar-refractivity contribution in [3.8, 4) is 0 Å². The molecule has 0 aliphatic heterocycles. The average molecular weight is 290 g/mol. The minimum absolute atomic E-state index is 0.226. The Hall–Kier alpha value is -1.89. The van der Waals surface area contributed by atoms with Gasteiger partial charge in [0.25, 0.3) is 0 Å². The Kier molecular flexibility index (Phi) is 3.18. The first kappa shape index (κ1) is 13.8. The Bertz CT molecular complexity index is 685. The first-order valence-electron chi connectivity index (χ1n) is 8.39. The van der Waals surface area contributed by atoms with Gasteiger partial charge in [-0.05, 0) is 62.5 Å². The first-order chi connectivity index (χ1) is 10.6. The van der Waals surface area contributed by atoms with Crippen molar-refractivity contribution in [2.45, 2.75) is 51.4 Å². The van der Waals surface area contributed by atoms with E-state index in [1.807, 2.05) is 12.1 Å². The van der Waals surface area contributed by atoms with Gasteiger partial charge in [-0.1, -0.05) is 47.5 Å². The predicted octanol–water partition coefficient (Wildman–Crippen LogP) is 5.29. The lowest BCUT2D eigenvalue weighted by molar-refractivity contribution is 0.103. The largest absolute Gasteiger partial charge is 0.289 e. The summed E-state index contributed by atoms with van der Waals surface area (Å²) in [6.07, 6.45) is 4.92. The number of ketones is 1. The molecule has 22 heavy (non-hydrogen) atoms. The molecule has 2 aromatic carbocycles. The SMILES string of the molecule is Cc1ccc(C(=O)c2ccc(C)cc2C2CC2)c(C2CC2)c1. The molecule has 0 heterocycles. The van der Waals surface area contributed by atoms with Crippen molar-refractivity contribution in [3.05, 3.63) is 69.8 Å². The number of hydrogen-bond acceptors (Lipinski definition) is 1. The Morgan fingerprint density at radius 1 is 0.773 bits per heavy atom. The van der Waals surface area contributed by atoms with Crippen LogP contribution in [0.1, 0.15) is 75.7 Å². The maximum Gasteiger partial charge on any atom is 0.193 e. The van der Waals surface area contributed by atoms with Gasteiger partial charge >= 0.3 is 0 Å². The van der Waals surface area contributed by atoms with E-state index in [-0.39, 0.29) is 5.78 Å². The molecule has 0 unspecified atom stereocenters. The fourth-order valence-corrected chi connectivity index (χ4v) is 3.39. The summed E-state index contributed by atoms with van der Waals surface area (Å²) in [4.78, 5) is 13.2. The van der Waals surface area contributed by atoms with Crippen molar-refractivity contribution in [1.29, 1.82) is 0 Å². The van der Waals surface area contributed by atoms with Gasteiger partial charge in [0.15, 0.2) is 5.78 Å². The molecule has 0 amide bonds. The Labute approximate surface area is 132 Å². The van der Waals surface area contributed by atoms with Gasteiger partial charge in [0, 0.05) is 11.1 Å². The molecule has 0 aromatic heterocycles. The monoisotopic (exact) mass is 290 g/mol. The molecule has 2 aliphatic carbocycles. The maximum absolute atomic E-state index is 13.2. The zero-order valence-corrected chi connectivity index (χ0v) is 13.4. The van der Waals surface area contributed by atoms with Gasteiger partial charge in [-0.25, -0.2) is 0 Å². The molecule has 0 spiro atoms. The molecule has 0 radical (unpaired) electrons. The van der Waals surface area contributed by atoms with Crippen LogP contribution in [0.2, 0.25) is 0 Å². The molecule has 0 bridgehead atoms. The van der Waals surface area contributed by atoms with Crippen molar-refractivity contribution < 1.29 is 4.79 Å². The summed E-state index contributed by atoms with van der Waals surface area (Å²) in [6.45, 7) is 4.23. The lowest BCUT2D eigenvalue weighted by Crippen LogP contribution is -2.08. The highest BCUT2D eigenvalue weighted by molar-refractivity contribution is 6.11. The summed E-state index contributed by atoms with van der Waals surface area (Å²) in [7, 11) is 0. The number of carbonyl (C=O) groups excluding carboxylic acids is 1. The van der Waals surface area contributed by atoms with Crippen LogP contribution in [-0.4, -0.2) is 5.78 Å². The van der Waals surface area contributed by atoms with E-state index in [0.717, 1.165) is 11.1 Å². The van der Waals surface area contributed by atoms with E-state index in [1.54, 1.807) is 0 Å². The van der Waals surface area contributed by atoms with Crippen LogP contribution in [0, 0.1) is 13.8 Å². The molecule has 0 atom stereocenters. The fourth-order valence-electron chi connectivity index (χ4n) is 3.39.